The van der Waals surface area contributed by atoms with E-state index < -0.39 is 0 Å². The number of hydrogen-bond donors (Lipinski definition) is 0. The van der Waals surface area contributed by atoms with Gasteiger partial charge in [-0.3, -0.25) is 9.79 Å². The summed E-state index contributed by atoms with van der Waals surface area (Å²) in [5.41, 5.74) is 3.49. The topological polar surface area (TPSA) is 70.0 Å². The van der Waals surface area contributed by atoms with Gasteiger partial charge in [0.15, 0.2) is 0 Å². The van der Waals surface area contributed by atoms with Crippen LogP contribution in [0.2, 0.25) is 0 Å². The first-order valence-electron chi connectivity index (χ1n) is 9.94. The number of para-hydroxylation sites is 1. The minimum atomic E-state index is -0.328. The second-order valence-electron chi connectivity index (χ2n) is 6.77. The highest BCUT2D eigenvalue weighted by atomic mass is 16.5. The van der Waals surface area contributed by atoms with Crippen molar-refractivity contribution in [2.24, 2.45) is 4.99 Å². The number of methoxy groups -OCH3 is 1. The minimum absolute atomic E-state index is 0.305. The van der Waals surface area contributed by atoms with Gasteiger partial charge in [0.2, 0.25) is 5.88 Å². The summed E-state index contributed by atoms with van der Waals surface area (Å²) >= 11 is 0. The smallest absolute Gasteiger partial charge is 0.303 e. The van der Waals surface area contributed by atoms with Gasteiger partial charge in [-0.15, -0.1) is 0 Å². The number of ether oxygens (including phenoxy) is 3. The van der Waals surface area contributed by atoms with Gasteiger partial charge in [0.1, 0.15) is 11.9 Å². The quantitative estimate of drug-likeness (QED) is 0.363. The van der Waals surface area contributed by atoms with Crippen LogP contribution in [-0.4, -0.2) is 30.4 Å². The van der Waals surface area contributed by atoms with Gasteiger partial charge < -0.3 is 14.2 Å². The normalized spacial score (nSPS) is 16.8. The number of esters is 1. The van der Waals surface area contributed by atoms with E-state index in [4.69, 9.17) is 14.2 Å². The first-order valence-corrected chi connectivity index (χ1v) is 9.94. The fourth-order valence-corrected chi connectivity index (χ4v) is 3.48. The van der Waals surface area contributed by atoms with E-state index in [1.54, 1.807) is 25.8 Å². The van der Waals surface area contributed by atoms with E-state index in [1.165, 1.54) is 6.92 Å². The summed E-state index contributed by atoms with van der Waals surface area (Å²) < 4.78 is 16.8. The Labute approximate surface area is 176 Å². The third kappa shape index (κ3) is 5.14. The van der Waals surface area contributed by atoms with Crippen molar-refractivity contribution in [1.82, 2.24) is 4.98 Å². The highest BCUT2D eigenvalue weighted by Gasteiger charge is 2.24. The predicted octanol–water partition coefficient (Wildman–Crippen LogP) is 5.11. The lowest BCUT2D eigenvalue weighted by molar-refractivity contribution is -0.145. The van der Waals surface area contributed by atoms with E-state index in [9.17, 15) is 4.79 Å². The van der Waals surface area contributed by atoms with Crippen molar-refractivity contribution >= 4 is 12.2 Å². The molecule has 1 atom stereocenters. The van der Waals surface area contributed by atoms with E-state index in [1.807, 2.05) is 49.4 Å². The van der Waals surface area contributed by atoms with Crippen LogP contribution in [0.3, 0.4) is 0 Å². The van der Waals surface area contributed by atoms with Crippen LogP contribution >= 0.6 is 0 Å². The van der Waals surface area contributed by atoms with E-state index >= 15 is 0 Å². The fraction of sp³-hybridized carbons (Fsp3) is 0.292. The van der Waals surface area contributed by atoms with E-state index in [-0.39, 0.29) is 12.1 Å². The van der Waals surface area contributed by atoms with Crippen molar-refractivity contribution < 1.29 is 19.0 Å². The molecule has 0 N–H and O–H groups in total. The Bertz CT molecular complexity index is 979. The molecule has 0 bridgehead atoms. The fourth-order valence-electron chi connectivity index (χ4n) is 3.48. The number of hydrogen-bond acceptors (Lipinski definition) is 6. The van der Waals surface area contributed by atoms with Crippen molar-refractivity contribution in [3.8, 4) is 22.8 Å². The number of carbonyl (C=O) groups excluding carboxylic acids is 1. The van der Waals surface area contributed by atoms with Gasteiger partial charge in [0, 0.05) is 30.5 Å². The summed E-state index contributed by atoms with van der Waals surface area (Å²) in [4.78, 5) is 20.3. The van der Waals surface area contributed by atoms with Crippen LogP contribution in [0.25, 0.3) is 11.1 Å². The first kappa shape index (κ1) is 21.3. The van der Waals surface area contributed by atoms with Crippen LogP contribution in [-0.2, 0) is 9.53 Å². The second kappa shape index (κ2) is 10.4. The summed E-state index contributed by atoms with van der Waals surface area (Å²) in [5.74, 6) is 0.921. The van der Waals surface area contributed by atoms with Crippen LogP contribution in [0, 0.1) is 0 Å². The summed E-state index contributed by atoms with van der Waals surface area (Å²) in [7, 11) is 1.64. The Morgan fingerprint density at radius 3 is 2.77 bits per heavy atom. The molecule has 0 radical (unpaired) electrons. The molecule has 6 heteroatoms. The van der Waals surface area contributed by atoms with Crippen molar-refractivity contribution in [1.29, 1.82) is 0 Å². The molecule has 30 heavy (non-hydrogen) atoms. The number of aliphatic imine (C=N–C) groups is 1. The molecule has 0 saturated carbocycles. The maximum atomic E-state index is 11.4. The van der Waals surface area contributed by atoms with Gasteiger partial charge in [-0.1, -0.05) is 18.2 Å². The van der Waals surface area contributed by atoms with Gasteiger partial charge >= 0.3 is 5.97 Å². The first-order chi connectivity index (χ1) is 14.6. The Morgan fingerprint density at radius 1 is 1.20 bits per heavy atom. The summed E-state index contributed by atoms with van der Waals surface area (Å²) in [6, 6.07) is 11.5. The maximum absolute atomic E-state index is 11.4. The average molecular weight is 406 g/mol. The van der Waals surface area contributed by atoms with Crippen molar-refractivity contribution in [2.45, 2.75) is 39.2 Å². The van der Waals surface area contributed by atoms with Gasteiger partial charge in [-0.05, 0) is 56.0 Å². The highest BCUT2D eigenvalue weighted by Crippen LogP contribution is 2.35. The van der Waals surface area contributed by atoms with E-state index in [0.717, 1.165) is 47.4 Å². The zero-order valence-corrected chi connectivity index (χ0v) is 17.5. The SMILES string of the molecule is CC=NC1=C(/C=C/Oc2ncccc2-c2ccccc2OC)CCCC1OC(C)=O. The van der Waals surface area contributed by atoms with Crippen LogP contribution in [0.4, 0.5) is 0 Å². The molecule has 1 aromatic heterocycles. The molecular formula is C24H26N2O4. The summed E-state index contributed by atoms with van der Waals surface area (Å²) in [6.45, 7) is 3.26. The third-order valence-electron chi connectivity index (χ3n) is 4.74. The summed E-state index contributed by atoms with van der Waals surface area (Å²) in [6.07, 6.45) is 9.07. The Hall–Kier alpha value is -3.41. The monoisotopic (exact) mass is 406 g/mol. The number of allylic oxidation sites excluding steroid dienone is 2. The number of aromatic nitrogens is 1. The lowest BCUT2D eigenvalue weighted by Crippen LogP contribution is -2.22. The Morgan fingerprint density at radius 2 is 2.00 bits per heavy atom. The number of carbonyl (C=O) groups is 1. The van der Waals surface area contributed by atoms with Gasteiger partial charge in [-0.2, -0.15) is 0 Å². The maximum Gasteiger partial charge on any atom is 0.303 e. The number of benzene rings is 1. The molecule has 0 fully saturated rings. The zero-order valence-electron chi connectivity index (χ0n) is 17.5. The van der Waals surface area contributed by atoms with Crippen molar-refractivity contribution in [2.75, 3.05) is 7.11 Å². The standard InChI is InChI=1S/C24H26N2O4/c1-4-25-23-18(9-7-13-22(23)30-17(2)27)14-16-29-24-20(11-8-15-26-24)19-10-5-6-12-21(19)28-3/h4-6,8,10-12,14-16,22H,7,9,13H2,1-3H3/b16-14+,25-4?. The minimum Gasteiger partial charge on any atom is -0.496 e. The van der Waals surface area contributed by atoms with Crippen LogP contribution in [0.1, 0.15) is 33.1 Å². The van der Waals surface area contributed by atoms with Crippen LogP contribution < -0.4 is 9.47 Å². The molecule has 1 heterocycles. The summed E-state index contributed by atoms with van der Waals surface area (Å²) in [5, 5.41) is 0. The van der Waals surface area contributed by atoms with E-state index in [0.29, 0.717) is 5.88 Å². The number of pyridine rings is 1. The predicted molar refractivity (Wildman–Crippen MR) is 117 cm³/mol. The average Bonchev–Trinajstić information content (AvgIpc) is 2.76. The van der Waals surface area contributed by atoms with Crippen molar-refractivity contribution in [3.05, 3.63) is 66.2 Å². The number of nitrogens with zero attached hydrogens (tertiary/aromatic N) is 2. The molecular weight excluding hydrogens is 380 g/mol. The molecule has 1 aliphatic carbocycles. The third-order valence-corrected chi connectivity index (χ3v) is 4.74. The molecule has 156 valence electrons. The molecule has 0 aliphatic heterocycles. The molecule has 6 nitrogen and oxygen atoms in total. The largest absolute Gasteiger partial charge is 0.496 e. The van der Waals surface area contributed by atoms with Gasteiger partial charge in [-0.25, -0.2) is 4.98 Å². The van der Waals surface area contributed by atoms with Gasteiger partial charge in [0.05, 0.1) is 19.1 Å². The lowest BCUT2D eigenvalue weighted by atomic mass is 9.94. The second-order valence-corrected chi connectivity index (χ2v) is 6.77. The van der Waals surface area contributed by atoms with E-state index in [2.05, 4.69) is 9.98 Å². The number of rotatable bonds is 7. The lowest BCUT2D eigenvalue weighted by Gasteiger charge is -2.24. The van der Waals surface area contributed by atoms with Crippen LogP contribution in [0.15, 0.2) is 71.2 Å². The molecule has 3 rings (SSSR count). The molecule has 0 saturated heterocycles. The van der Waals surface area contributed by atoms with Crippen LogP contribution in [0.5, 0.6) is 11.6 Å². The Balaban J connectivity index is 1.87. The molecule has 1 unspecified atom stereocenters. The molecule has 2 aromatic rings. The molecule has 0 amide bonds. The molecule has 0 spiro atoms. The zero-order chi connectivity index (χ0) is 21.3. The Kier molecular flexibility index (Phi) is 7.38. The van der Waals surface area contributed by atoms with Crippen molar-refractivity contribution in [3.63, 3.8) is 0 Å². The molecule has 1 aromatic carbocycles. The highest BCUT2D eigenvalue weighted by molar-refractivity contribution is 5.74. The van der Waals surface area contributed by atoms with Gasteiger partial charge in [0.25, 0.3) is 0 Å². The molecule has 1 aliphatic rings.